The fraction of sp³-hybridized carbons (Fsp3) is 0.353. The van der Waals surface area contributed by atoms with Crippen molar-refractivity contribution in [2.24, 2.45) is 0 Å². The summed E-state index contributed by atoms with van der Waals surface area (Å²) < 4.78 is 44.8. The van der Waals surface area contributed by atoms with Crippen molar-refractivity contribution < 1.29 is 27.2 Å². The van der Waals surface area contributed by atoms with Gasteiger partial charge in [-0.3, -0.25) is 9.59 Å². The Balaban J connectivity index is 1.62. The van der Waals surface area contributed by atoms with Crippen molar-refractivity contribution in [3.05, 3.63) is 41.8 Å². The van der Waals surface area contributed by atoms with E-state index in [1.807, 2.05) is 0 Å². The van der Waals surface area contributed by atoms with Gasteiger partial charge in [-0.15, -0.1) is 0 Å². The van der Waals surface area contributed by atoms with E-state index in [0.717, 1.165) is 0 Å². The van der Waals surface area contributed by atoms with Gasteiger partial charge in [0.25, 0.3) is 5.91 Å². The third-order valence-corrected chi connectivity index (χ3v) is 4.62. The highest BCUT2D eigenvalue weighted by atomic mass is 19.4. The number of aromatic nitrogens is 1. The molecule has 2 aromatic rings. The summed E-state index contributed by atoms with van der Waals surface area (Å²) in [5, 5.41) is 2.78. The van der Waals surface area contributed by atoms with Crippen LogP contribution in [0.25, 0.3) is 11.5 Å². The topological polar surface area (TPSA) is 75.4 Å². The molecule has 1 aromatic heterocycles. The average Bonchev–Trinajstić information content (AvgIpc) is 3.17. The Labute approximate surface area is 146 Å². The fourth-order valence-corrected chi connectivity index (χ4v) is 3.35. The van der Waals surface area contributed by atoms with Gasteiger partial charge in [-0.1, -0.05) is 18.2 Å². The van der Waals surface area contributed by atoms with E-state index in [-0.39, 0.29) is 24.9 Å². The summed E-state index contributed by atoms with van der Waals surface area (Å²) in [6, 6.07) is 8.07. The quantitative estimate of drug-likeness (QED) is 0.887. The van der Waals surface area contributed by atoms with Crippen molar-refractivity contribution in [2.75, 3.05) is 13.1 Å². The lowest BCUT2D eigenvalue weighted by Crippen LogP contribution is -2.68. The molecule has 4 rings (SSSR count). The van der Waals surface area contributed by atoms with E-state index in [9.17, 15) is 22.8 Å². The Bertz CT molecular complexity index is 870. The van der Waals surface area contributed by atoms with Crippen molar-refractivity contribution >= 4 is 11.8 Å². The van der Waals surface area contributed by atoms with Crippen molar-refractivity contribution in [1.82, 2.24) is 15.2 Å². The summed E-state index contributed by atoms with van der Waals surface area (Å²) in [5.74, 6) is -2.63. The van der Waals surface area contributed by atoms with Gasteiger partial charge in [0.15, 0.2) is 5.69 Å². The molecule has 2 amide bonds. The van der Waals surface area contributed by atoms with E-state index < -0.39 is 29.1 Å². The maximum atomic E-state index is 13.3. The number of carbonyl (C=O) groups excluding carboxylic acids is 2. The highest BCUT2D eigenvalue weighted by Gasteiger charge is 2.51. The zero-order valence-corrected chi connectivity index (χ0v) is 13.5. The number of hydrogen-bond acceptors (Lipinski definition) is 4. The minimum Gasteiger partial charge on any atom is -0.431 e. The molecule has 2 aliphatic rings. The first-order valence-corrected chi connectivity index (χ1v) is 8.01. The smallest absolute Gasteiger partial charge is 0.431 e. The molecule has 2 aliphatic heterocycles. The normalized spacial score (nSPS) is 18.7. The summed E-state index contributed by atoms with van der Waals surface area (Å²) in [6.07, 6.45) is -3.91. The first-order valence-electron chi connectivity index (χ1n) is 8.01. The first kappa shape index (κ1) is 16.6. The molecular weight excluding hydrogens is 351 g/mol. The van der Waals surface area contributed by atoms with Gasteiger partial charge in [-0.2, -0.15) is 13.2 Å². The number of nitrogens with zero attached hydrogens (tertiary/aromatic N) is 2. The summed E-state index contributed by atoms with van der Waals surface area (Å²) in [6.45, 7) is 0.338. The molecule has 6 nitrogen and oxygen atoms in total. The molecule has 0 radical (unpaired) electrons. The molecule has 1 spiro atoms. The van der Waals surface area contributed by atoms with Crippen molar-refractivity contribution in [1.29, 1.82) is 0 Å². The second kappa shape index (κ2) is 5.58. The SMILES string of the molecule is O=C1CCC2(CN(C(=O)c3nc(-c4ccccc4)oc3C(F)(F)F)C2)N1. The van der Waals surface area contributed by atoms with E-state index in [4.69, 9.17) is 4.42 Å². The highest BCUT2D eigenvalue weighted by Crippen LogP contribution is 2.37. The van der Waals surface area contributed by atoms with Gasteiger partial charge in [0.1, 0.15) is 0 Å². The number of nitrogens with one attached hydrogen (secondary N) is 1. The van der Waals surface area contributed by atoms with Gasteiger partial charge in [0.2, 0.25) is 17.6 Å². The third kappa shape index (κ3) is 2.73. The number of halogens is 3. The van der Waals surface area contributed by atoms with E-state index in [0.29, 0.717) is 18.4 Å². The molecule has 0 atom stereocenters. The molecular formula is C17H14F3N3O3. The molecule has 1 N–H and O–H groups in total. The van der Waals surface area contributed by atoms with Crippen molar-refractivity contribution in [2.45, 2.75) is 24.6 Å². The first-order chi connectivity index (χ1) is 12.3. The number of benzene rings is 1. The van der Waals surface area contributed by atoms with Gasteiger partial charge in [0.05, 0.1) is 5.54 Å². The number of alkyl halides is 3. The third-order valence-electron chi connectivity index (χ3n) is 4.62. The number of hydrogen-bond donors (Lipinski definition) is 1. The lowest BCUT2D eigenvalue weighted by Gasteiger charge is -2.47. The largest absolute Gasteiger partial charge is 0.452 e. The highest BCUT2D eigenvalue weighted by molar-refractivity contribution is 5.95. The number of oxazole rings is 1. The molecule has 0 aliphatic carbocycles. The van der Waals surface area contributed by atoms with Gasteiger partial charge < -0.3 is 14.6 Å². The molecule has 3 heterocycles. The average molecular weight is 365 g/mol. The van der Waals surface area contributed by atoms with E-state index in [1.165, 1.54) is 4.90 Å². The minimum absolute atomic E-state index is 0.110. The van der Waals surface area contributed by atoms with Crippen molar-refractivity contribution in [3.8, 4) is 11.5 Å². The van der Waals surface area contributed by atoms with E-state index >= 15 is 0 Å². The number of carbonyl (C=O) groups is 2. The molecule has 136 valence electrons. The molecule has 1 aromatic carbocycles. The Morgan fingerprint density at radius 3 is 2.50 bits per heavy atom. The second-order valence-electron chi connectivity index (χ2n) is 6.55. The molecule has 0 saturated carbocycles. The van der Waals surface area contributed by atoms with E-state index in [1.54, 1.807) is 30.3 Å². The van der Waals surface area contributed by atoms with Crippen LogP contribution >= 0.6 is 0 Å². The van der Waals surface area contributed by atoms with Crippen LogP contribution in [0.3, 0.4) is 0 Å². The monoisotopic (exact) mass is 365 g/mol. The van der Waals surface area contributed by atoms with Gasteiger partial charge in [-0.25, -0.2) is 4.98 Å². The van der Waals surface area contributed by atoms with Crippen LogP contribution in [0.4, 0.5) is 13.2 Å². The van der Waals surface area contributed by atoms with Crippen LogP contribution in [-0.4, -0.2) is 40.3 Å². The van der Waals surface area contributed by atoms with Crippen LogP contribution in [0.2, 0.25) is 0 Å². The van der Waals surface area contributed by atoms with Gasteiger partial charge >= 0.3 is 6.18 Å². The van der Waals surface area contributed by atoms with Crippen LogP contribution in [0, 0.1) is 0 Å². The van der Waals surface area contributed by atoms with Crippen LogP contribution in [0.15, 0.2) is 34.7 Å². The predicted octanol–water partition coefficient (Wildman–Crippen LogP) is 2.47. The minimum atomic E-state index is -4.84. The Morgan fingerprint density at radius 1 is 1.23 bits per heavy atom. The standard InChI is InChI=1S/C17H14F3N3O3/c18-17(19,20)13-12(21-14(26-13)10-4-2-1-3-5-10)15(25)23-8-16(9-23)7-6-11(24)22-16/h1-5H,6-9H2,(H,22,24). The molecule has 0 bridgehead atoms. The van der Waals surface area contributed by atoms with Crippen LogP contribution in [0.1, 0.15) is 29.1 Å². The maximum Gasteiger partial charge on any atom is 0.452 e. The molecule has 26 heavy (non-hydrogen) atoms. The van der Waals surface area contributed by atoms with E-state index in [2.05, 4.69) is 10.3 Å². The van der Waals surface area contributed by atoms with Crippen molar-refractivity contribution in [3.63, 3.8) is 0 Å². The number of likely N-dealkylation sites (tertiary alicyclic amines) is 1. The van der Waals surface area contributed by atoms with Crippen LogP contribution < -0.4 is 5.32 Å². The Hall–Kier alpha value is -2.84. The summed E-state index contributed by atoms with van der Waals surface area (Å²) in [7, 11) is 0. The van der Waals surface area contributed by atoms with Gasteiger partial charge in [-0.05, 0) is 18.6 Å². The second-order valence-corrected chi connectivity index (χ2v) is 6.55. The number of rotatable bonds is 2. The maximum absolute atomic E-state index is 13.3. The van der Waals surface area contributed by atoms with Crippen LogP contribution in [0.5, 0.6) is 0 Å². The molecule has 9 heteroatoms. The zero-order chi connectivity index (χ0) is 18.5. The molecule has 0 unspecified atom stereocenters. The van der Waals surface area contributed by atoms with Gasteiger partial charge in [0, 0.05) is 25.1 Å². The van der Waals surface area contributed by atoms with Crippen LogP contribution in [-0.2, 0) is 11.0 Å². The summed E-state index contributed by atoms with van der Waals surface area (Å²) in [4.78, 5) is 29.0. The molecule has 2 saturated heterocycles. The lowest BCUT2D eigenvalue weighted by atomic mass is 9.88. The molecule has 2 fully saturated rings. The Kier molecular flexibility index (Phi) is 3.57. The fourth-order valence-electron chi connectivity index (χ4n) is 3.35. The summed E-state index contributed by atoms with van der Waals surface area (Å²) in [5.41, 5.74) is -0.923. The lowest BCUT2D eigenvalue weighted by molar-refractivity contribution is -0.153. The Morgan fingerprint density at radius 2 is 1.92 bits per heavy atom. The zero-order valence-electron chi connectivity index (χ0n) is 13.5. The number of amides is 2. The summed E-state index contributed by atoms with van der Waals surface area (Å²) >= 11 is 0. The predicted molar refractivity (Wildman–Crippen MR) is 83.0 cm³/mol.